The highest BCUT2D eigenvalue weighted by atomic mass is 19.4. The highest BCUT2D eigenvalue weighted by molar-refractivity contribution is 5.97. The number of Topliss-reactive ketones (excluding diaryl/α,β-unsaturated/α-hetero) is 1. The van der Waals surface area contributed by atoms with Gasteiger partial charge in [-0.3, -0.25) is 4.79 Å². The lowest BCUT2D eigenvalue weighted by atomic mass is 9.78. The number of aliphatic hydroxyl groups is 1. The van der Waals surface area contributed by atoms with E-state index in [0.717, 1.165) is 6.07 Å². The lowest BCUT2D eigenvalue weighted by Crippen LogP contribution is -2.53. The Morgan fingerprint density at radius 1 is 1.39 bits per heavy atom. The SMILES string of the molecule is CC1(C)Oc2c(cc3nonc3c2N)C(C(=O)C(F)(F)F)C1O. The van der Waals surface area contributed by atoms with Crippen LogP contribution in [0, 0.1) is 0 Å². The number of rotatable bonds is 1. The fourth-order valence-corrected chi connectivity index (χ4v) is 2.65. The highest BCUT2D eigenvalue weighted by Gasteiger charge is 2.54. The van der Waals surface area contributed by atoms with Crippen molar-refractivity contribution >= 4 is 22.5 Å². The van der Waals surface area contributed by atoms with E-state index < -0.39 is 29.6 Å². The molecule has 0 saturated carbocycles. The molecule has 124 valence electrons. The molecule has 0 aliphatic carbocycles. The Morgan fingerprint density at radius 2 is 2.04 bits per heavy atom. The second-order valence-corrected chi connectivity index (χ2v) is 5.83. The van der Waals surface area contributed by atoms with Crippen LogP contribution in [-0.4, -0.2) is 39.1 Å². The Kier molecular flexibility index (Phi) is 3.09. The Balaban J connectivity index is 2.29. The third-order valence-corrected chi connectivity index (χ3v) is 3.86. The number of halogens is 3. The first-order valence-corrected chi connectivity index (χ1v) is 6.57. The molecule has 2 aromatic rings. The maximum absolute atomic E-state index is 12.9. The van der Waals surface area contributed by atoms with Crippen molar-refractivity contribution in [3.8, 4) is 5.75 Å². The van der Waals surface area contributed by atoms with Crippen molar-refractivity contribution in [2.24, 2.45) is 0 Å². The number of aromatic nitrogens is 2. The third-order valence-electron chi connectivity index (χ3n) is 3.86. The van der Waals surface area contributed by atoms with Crippen LogP contribution in [0.4, 0.5) is 18.9 Å². The van der Waals surface area contributed by atoms with Gasteiger partial charge in [0.25, 0.3) is 0 Å². The van der Waals surface area contributed by atoms with Crippen molar-refractivity contribution in [3.63, 3.8) is 0 Å². The number of alkyl halides is 3. The second-order valence-electron chi connectivity index (χ2n) is 5.83. The van der Waals surface area contributed by atoms with Crippen molar-refractivity contribution < 1.29 is 32.4 Å². The molecule has 1 aliphatic heterocycles. The van der Waals surface area contributed by atoms with E-state index in [1.165, 1.54) is 13.8 Å². The molecule has 0 bridgehead atoms. The molecule has 0 amide bonds. The maximum atomic E-state index is 12.9. The third kappa shape index (κ3) is 2.21. The van der Waals surface area contributed by atoms with E-state index >= 15 is 0 Å². The normalized spacial score (nSPS) is 23.4. The van der Waals surface area contributed by atoms with Gasteiger partial charge < -0.3 is 15.6 Å². The summed E-state index contributed by atoms with van der Waals surface area (Å²) in [6.07, 6.45) is -6.84. The molecule has 1 aliphatic rings. The number of hydrogen-bond donors (Lipinski definition) is 2. The van der Waals surface area contributed by atoms with Gasteiger partial charge in [-0.25, -0.2) is 4.63 Å². The van der Waals surface area contributed by atoms with Crippen molar-refractivity contribution in [3.05, 3.63) is 11.6 Å². The van der Waals surface area contributed by atoms with Gasteiger partial charge in [0.1, 0.15) is 28.7 Å². The molecular formula is C13H12F3N3O4. The second kappa shape index (κ2) is 4.57. The van der Waals surface area contributed by atoms with Gasteiger partial charge >= 0.3 is 6.18 Å². The molecule has 0 fully saturated rings. The summed E-state index contributed by atoms with van der Waals surface area (Å²) < 4.78 is 48.8. The van der Waals surface area contributed by atoms with E-state index in [9.17, 15) is 23.1 Å². The van der Waals surface area contributed by atoms with Crippen LogP contribution >= 0.6 is 0 Å². The summed E-state index contributed by atoms with van der Waals surface area (Å²) in [6.45, 7) is 2.73. The van der Waals surface area contributed by atoms with Crippen LogP contribution in [0.15, 0.2) is 10.7 Å². The number of anilines is 1. The molecule has 0 radical (unpaired) electrons. The number of carbonyl (C=O) groups is 1. The number of nitrogen functional groups attached to an aromatic ring is 1. The molecule has 3 N–H and O–H groups in total. The summed E-state index contributed by atoms with van der Waals surface area (Å²) in [4.78, 5) is 11.8. The van der Waals surface area contributed by atoms with E-state index in [1.807, 2.05) is 0 Å². The zero-order chi connectivity index (χ0) is 17.2. The molecule has 0 spiro atoms. The van der Waals surface area contributed by atoms with Crippen LogP contribution in [0.3, 0.4) is 0 Å². The number of carbonyl (C=O) groups excluding carboxylic acids is 1. The van der Waals surface area contributed by atoms with Crippen molar-refractivity contribution in [2.75, 3.05) is 5.73 Å². The number of ketones is 1. The summed E-state index contributed by atoms with van der Waals surface area (Å²) in [5.41, 5.74) is 4.28. The monoisotopic (exact) mass is 331 g/mol. The quantitative estimate of drug-likeness (QED) is 0.763. The van der Waals surface area contributed by atoms with Crippen LogP contribution in [0.25, 0.3) is 11.0 Å². The van der Waals surface area contributed by atoms with Crippen LogP contribution in [-0.2, 0) is 4.79 Å². The summed E-state index contributed by atoms with van der Waals surface area (Å²) in [5, 5.41) is 17.3. The number of aliphatic hydroxyl groups excluding tert-OH is 1. The van der Waals surface area contributed by atoms with Crippen LogP contribution in [0.5, 0.6) is 5.75 Å². The van der Waals surface area contributed by atoms with Gasteiger partial charge in [-0.15, -0.1) is 0 Å². The minimum Gasteiger partial charge on any atom is -0.483 e. The Labute approximate surface area is 127 Å². The van der Waals surface area contributed by atoms with Gasteiger partial charge in [0.2, 0.25) is 5.78 Å². The average molecular weight is 331 g/mol. The fraction of sp³-hybridized carbons (Fsp3) is 0.462. The van der Waals surface area contributed by atoms with Gasteiger partial charge in [-0.2, -0.15) is 13.2 Å². The summed E-state index contributed by atoms with van der Waals surface area (Å²) in [7, 11) is 0. The first-order chi connectivity index (χ1) is 10.5. The minimum absolute atomic E-state index is 0.0664. The lowest BCUT2D eigenvalue weighted by molar-refractivity contribution is -0.179. The lowest BCUT2D eigenvalue weighted by Gasteiger charge is -2.41. The minimum atomic E-state index is -5.12. The molecule has 2 unspecified atom stereocenters. The fourth-order valence-electron chi connectivity index (χ4n) is 2.65. The Morgan fingerprint density at radius 3 is 2.65 bits per heavy atom. The van der Waals surface area contributed by atoms with E-state index in [0.29, 0.717) is 0 Å². The predicted octanol–water partition coefficient (Wildman–Crippen LogP) is 1.55. The molecule has 0 saturated heterocycles. The van der Waals surface area contributed by atoms with E-state index in [-0.39, 0.29) is 28.0 Å². The van der Waals surface area contributed by atoms with Crippen LogP contribution < -0.4 is 10.5 Å². The smallest absolute Gasteiger partial charge is 0.450 e. The Hall–Kier alpha value is -2.36. The number of hydrogen-bond acceptors (Lipinski definition) is 7. The molecular weight excluding hydrogens is 319 g/mol. The van der Waals surface area contributed by atoms with Gasteiger partial charge in [0, 0.05) is 5.56 Å². The summed E-state index contributed by atoms with van der Waals surface area (Å²) in [5.74, 6) is -4.10. The highest BCUT2D eigenvalue weighted by Crippen LogP contribution is 2.48. The summed E-state index contributed by atoms with van der Waals surface area (Å²) in [6, 6.07) is 1.16. The molecule has 10 heteroatoms. The first-order valence-electron chi connectivity index (χ1n) is 6.57. The first kappa shape index (κ1) is 15.5. The van der Waals surface area contributed by atoms with E-state index in [2.05, 4.69) is 14.9 Å². The van der Waals surface area contributed by atoms with Crippen LogP contribution in [0.1, 0.15) is 25.3 Å². The van der Waals surface area contributed by atoms with Gasteiger partial charge in [-0.1, -0.05) is 0 Å². The van der Waals surface area contributed by atoms with Gasteiger partial charge in [-0.05, 0) is 30.2 Å². The average Bonchev–Trinajstić information content (AvgIpc) is 2.89. The van der Waals surface area contributed by atoms with E-state index in [4.69, 9.17) is 10.5 Å². The van der Waals surface area contributed by atoms with Crippen molar-refractivity contribution in [1.82, 2.24) is 10.3 Å². The molecule has 3 rings (SSSR count). The molecule has 7 nitrogen and oxygen atoms in total. The maximum Gasteiger partial charge on any atom is 0.450 e. The topological polar surface area (TPSA) is 111 Å². The molecule has 23 heavy (non-hydrogen) atoms. The van der Waals surface area contributed by atoms with Crippen LogP contribution in [0.2, 0.25) is 0 Å². The zero-order valence-electron chi connectivity index (χ0n) is 12.0. The predicted molar refractivity (Wildman–Crippen MR) is 70.7 cm³/mol. The summed E-state index contributed by atoms with van der Waals surface area (Å²) >= 11 is 0. The van der Waals surface area contributed by atoms with Crippen molar-refractivity contribution in [2.45, 2.75) is 37.6 Å². The number of nitrogens with two attached hydrogens (primary N) is 1. The molecule has 2 atom stereocenters. The molecule has 1 aromatic heterocycles. The van der Waals surface area contributed by atoms with Crippen molar-refractivity contribution in [1.29, 1.82) is 0 Å². The molecule has 1 aromatic carbocycles. The number of ether oxygens (including phenoxy) is 1. The van der Waals surface area contributed by atoms with Gasteiger partial charge in [0.05, 0.1) is 5.92 Å². The zero-order valence-corrected chi connectivity index (χ0v) is 12.0. The molecule has 2 heterocycles. The number of nitrogens with zero attached hydrogens (tertiary/aromatic N) is 2. The van der Waals surface area contributed by atoms with E-state index in [1.54, 1.807) is 0 Å². The standard InChI is InChI=1S/C13H12F3N3O4/c1-12(2)10(20)6(11(21)13(14,15)16)4-3-5-8(19-23-18-5)7(17)9(4)22-12/h3,6,10,20H,17H2,1-2H3. The Bertz CT molecular complexity index is 800. The van der Waals surface area contributed by atoms with Gasteiger partial charge in [0.15, 0.2) is 5.52 Å². The number of benzene rings is 1. The number of fused-ring (bicyclic) bond motifs is 2. The largest absolute Gasteiger partial charge is 0.483 e.